The third-order valence-electron chi connectivity index (χ3n) is 7.09. The molecule has 1 saturated carbocycles. The van der Waals surface area contributed by atoms with E-state index in [1.807, 2.05) is 20.8 Å². The van der Waals surface area contributed by atoms with Crippen LogP contribution >= 0.6 is 0 Å². The summed E-state index contributed by atoms with van der Waals surface area (Å²) in [4.78, 5) is 19.0. The van der Waals surface area contributed by atoms with Crippen molar-refractivity contribution in [2.45, 2.75) is 51.8 Å². The van der Waals surface area contributed by atoms with Crippen LogP contribution in [-0.2, 0) is 17.3 Å². The van der Waals surface area contributed by atoms with Gasteiger partial charge in [0, 0.05) is 31.3 Å². The van der Waals surface area contributed by atoms with E-state index < -0.39 is 23.2 Å². The minimum absolute atomic E-state index is 0.221. The third kappa shape index (κ3) is 4.77. The third-order valence-corrected chi connectivity index (χ3v) is 7.09. The number of likely N-dealkylation sites (tertiary alicyclic amines) is 1. The molecule has 1 aromatic carbocycles. The van der Waals surface area contributed by atoms with E-state index in [4.69, 9.17) is 4.74 Å². The second-order valence-electron chi connectivity index (χ2n) is 10.8. The van der Waals surface area contributed by atoms with Crippen molar-refractivity contribution in [3.8, 4) is 11.1 Å². The van der Waals surface area contributed by atoms with Crippen LogP contribution < -0.4 is 0 Å². The predicted molar refractivity (Wildman–Crippen MR) is 125 cm³/mol. The first-order chi connectivity index (χ1) is 16.9. The average Bonchev–Trinajstić information content (AvgIpc) is 3.28. The molecule has 1 amide bonds. The maximum absolute atomic E-state index is 13.8. The summed E-state index contributed by atoms with van der Waals surface area (Å²) >= 11 is 0. The first-order valence-corrected chi connectivity index (χ1v) is 12.1. The second kappa shape index (κ2) is 8.74. The quantitative estimate of drug-likeness (QED) is 0.411. The molecular formula is C26H28F4N4O2. The number of carbonyl (C=O) groups is 1. The number of carbonyl (C=O) groups excluding carboxylic acids is 1. The molecule has 1 aliphatic carbocycles. The molecule has 6 nitrogen and oxygen atoms in total. The first-order valence-electron chi connectivity index (χ1n) is 12.1. The lowest BCUT2D eigenvalue weighted by molar-refractivity contribution is -0.139. The SMILES string of the molecule is CC(C)(C)OC(=O)N1C[C@H]2CC[C@@H](C1)C2Cc1nc2c(-c3ccc(F)c(C(F)(F)F)c3)cccn2n1. The van der Waals surface area contributed by atoms with E-state index >= 15 is 0 Å². The molecule has 1 saturated heterocycles. The summed E-state index contributed by atoms with van der Waals surface area (Å²) < 4.78 is 60.7. The molecule has 1 unspecified atom stereocenters. The summed E-state index contributed by atoms with van der Waals surface area (Å²) in [5, 5.41) is 4.59. The van der Waals surface area contributed by atoms with Gasteiger partial charge in [-0.2, -0.15) is 18.3 Å². The normalized spacial score (nSPS) is 22.3. The highest BCUT2D eigenvalue weighted by atomic mass is 19.4. The van der Waals surface area contributed by atoms with E-state index in [9.17, 15) is 22.4 Å². The van der Waals surface area contributed by atoms with Crippen molar-refractivity contribution in [2.75, 3.05) is 13.1 Å². The number of nitrogens with zero attached hydrogens (tertiary/aromatic N) is 4. The van der Waals surface area contributed by atoms with Gasteiger partial charge in [0.25, 0.3) is 0 Å². The number of benzene rings is 1. The molecule has 3 heterocycles. The van der Waals surface area contributed by atoms with Gasteiger partial charge >= 0.3 is 12.3 Å². The van der Waals surface area contributed by atoms with Crippen LogP contribution in [0.25, 0.3) is 16.8 Å². The molecule has 1 aliphatic heterocycles. The van der Waals surface area contributed by atoms with Crippen LogP contribution in [0.4, 0.5) is 22.4 Å². The molecule has 5 rings (SSSR count). The Morgan fingerprint density at radius 1 is 1.11 bits per heavy atom. The molecule has 0 radical (unpaired) electrons. The monoisotopic (exact) mass is 504 g/mol. The van der Waals surface area contributed by atoms with E-state index in [0.717, 1.165) is 25.0 Å². The molecule has 2 aromatic heterocycles. The Hall–Kier alpha value is -3.17. The zero-order chi connectivity index (χ0) is 25.8. The average molecular weight is 505 g/mol. The van der Waals surface area contributed by atoms with Gasteiger partial charge in [-0.3, -0.25) is 0 Å². The van der Waals surface area contributed by atoms with Crippen molar-refractivity contribution in [2.24, 2.45) is 17.8 Å². The summed E-state index contributed by atoms with van der Waals surface area (Å²) in [5.41, 5.74) is -0.763. The lowest BCUT2D eigenvalue weighted by Gasteiger charge is -2.38. The summed E-state index contributed by atoms with van der Waals surface area (Å²) in [7, 11) is 0. The number of fused-ring (bicyclic) bond motifs is 3. The van der Waals surface area contributed by atoms with Gasteiger partial charge in [-0.05, 0) is 81.2 Å². The smallest absolute Gasteiger partial charge is 0.419 e. The number of hydrogen-bond acceptors (Lipinski definition) is 4. The highest BCUT2D eigenvalue weighted by Crippen LogP contribution is 2.44. The standard InChI is InChI=1S/C26H28F4N4O2/c1-25(2,3)36-24(35)33-13-16-6-7-17(14-33)19(16)12-22-31-23-18(5-4-10-34(23)32-22)15-8-9-21(27)20(11-15)26(28,29)30/h4-5,8-11,16-17,19H,6-7,12-14H2,1-3H3/t16-,17+,19?. The van der Waals surface area contributed by atoms with E-state index in [1.165, 1.54) is 6.07 Å². The van der Waals surface area contributed by atoms with E-state index in [-0.39, 0.29) is 11.7 Å². The number of piperidine rings is 1. The number of aromatic nitrogens is 3. The zero-order valence-corrected chi connectivity index (χ0v) is 20.3. The van der Waals surface area contributed by atoms with Crippen molar-refractivity contribution in [3.05, 3.63) is 53.7 Å². The molecule has 0 spiro atoms. The molecule has 192 valence electrons. The van der Waals surface area contributed by atoms with Crippen LogP contribution in [0.15, 0.2) is 36.5 Å². The number of halogens is 4. The summed E-state index contributed by atoms with van der Waals surface area (Å²) in [6.45, 7) is 6.82. The Bertz CT molecular complexity index is 1280. The van der Waals surface area contributed by atoms with Gasteiger partial charge in [0.1, 0.15) is 11.4 Å². The van der Waals surface area contributed by atoms with Crippen LogP contribution in [0.2, 0.25) is 0 Å². The lowest BCUT2D eigenvalue weighted by atomic mass is 9.82. The van der Waals surface area contributed by atoms with Crippen molar-refractivity contribution >= 4 is 11.7 Å². The van der Waals surface area contributed by atoms with E-state index in [1.54, 1.807) is 27.7 Å². The molecule has 2 aliphatic rings. The van der Waals surface area contributed by atoms with Crippen molar-refractivity contribution in [3.63, 3.8) is 0 Å². The Morgan fingerprint density at radius 2 is 1.81 bits per heavy atom. The number of ether oxygens (including phenoxy) is 1. The van der Waals surface area contributed by atoms with Gasteiger partial charge in [-0.1, -0.05) is 6.07 Å². The van der Waals surface area contributed by atoms with Gasteiger partial charge in [0.2, 0.25) is 0 Å². The number of alkyl halides is 3. The van der Waals surface area contributed by atoms with Crippen molar-refractivity contribution < 1.29 is 27.1 Å². The van der Waals surface area contributed by atoms with Gasteiger partial charge < -0.3 is 9.64 Å². The van der Waals surface area contributed by atoms with Crippen LogP contribution in [0.3, 0.4) is 0 Å². The van der Waals surface area contributed by atoms with E-state index in [0.29, 0.717) is 54.3 Å². The van der Waals surface area contributed by atoms with Gasteiger partial charge in [0.15, 0.2) is 11.5 Å². The molecule has 2 bridgehead atoms. The number of rotatable bonds is 3. The van der Waals surface area contributed by atoms with Gasteiger partial charge in [0.05, 0.1) is 5.56 Å². The Labute approximate surface area is 206 Å². The molecule has 10 heteroatoms. The van der Waals surface area contributed by atoms with Crippen LogP contribution in [0.1, 0.15) is 45.0 Å². The van der Waals surface area contributed by atoms with Crippen LogP contribution in [-0.4, -0.2) is 44.3 Å². The molecule has 3 atom stereocenters. The largest absolute Gasteiger partial charge is 0.444 e. The zero-order valence-electron chi connectivity index (χ0n) is 20.3. The maximum atomic E-state index is 13.8. The Morgan fingerprint density at radius 3 is 2.44 bits per heavy atom. The minimum atomic E-state index is -4.79. The maximum Gasteiger partial charge on any atom is 0.419 e. The van der Waals surface area contributed by atoms with Gasteiger partial charge in [-0.25, -0.2) is 18.7 Å². The molecule has 36 heavy (non-hydrogen) atoms. The Kier molecular flexibility index (Phi) is 5.95. The highest BCUT2D eigenvalue weighted by Gasteiger charge is 2.44. The second-order valence-corrected chi connectivity index (χ2v) is 10.8. The summed E-state index contributed by atoms with van der Waals surface area (Å²) in [5.74, 6) is 0.233. The summed E-state index contributed by atoms with van der Waals surface area (Å²) in [6, 6.07) is 6.30. The van der Waals surface area contributed by atoms with Gasteiger partial charge in [-0.15, -0.1) is 0 Å². The topological polar surface area (TPSA) is 59.7 Å². The number of amides is 1. The fourth-order valence-corrected chi connectivity index (χ4v) is 5.53. The highest BCUT2D eigenvalue weighted by molar-refractivity contribution is 5.77. The molecular weight excluding hydrogens is 476 g/mol. The molecule has 2 fully saturated rings. The molecule has 3 aromatic rings. The lowest BCUT2D eigenvalue weighted by Crippen LogP contribution is -2.47. The Balaban J connectivity index is 1.38. The number of hydrogen-bond donors (Lipinski definition) is 0. The van der Waals surface area contributed by atoms with Crippen LogP contribution in [0, 0.1) is 23.6 Å². The summed E-state index contributed by atoms with van der Waals surface area (Å²) in [6.07, 6.45) is -0.728. The van der Waals surface area contributed by atoms with Crippen molar-refractivity contribution in [1.29, 1.82) is 0 Å². The first kappa shape index (κ1) is 24.5. The minimum Gasteiger partial charge on any atom is -0.444 e. The fraction of sp³-hybridized carbons (Fsp3) is 0.500. The molecule has 0 N–H and O–H groups in total. The van der Waals surface area contributed by atoms with E-state index in [2.05, 4.69) is 10.1 Å². The van der Waals surface area contributed by atoms with Crippen LogP contribution in [0.5, 0.6) is 0 Å². The van der Waals surface area contributed by atoms with Crippen molar-refractivity contribution in [1.82, 2.24) is 19.5 Å². The fourth-order valence-electron chi connectivity index (χ4n) is 5.53. The predicted octanol–water partition coefficient (Wildman–Crippen LogP) is 5.99. The number of pyridine rings is 1.